The normalized spacial score (nSPS) is 15.2. The van der Waals surface area contributed by atoms with Gasteiger partial charge in [-0.1, -0.05) is 5.10 Å². The zero-order valence-corrected chi connectivity index (χ0v) is 7.82. The van der Waals surface area contributed by atoms with Crippen LogP contribution in [0.1, 0.15) is 31.6 Å². The van der Waals surface area contributed by atoms with Crippen molar-refractivity contribution in [2.45, 2.75) is 25.7 Å². The summed E-state index contributed by atoms with van der Waals surface area (Å²) in [6, 6.07) is 0.102. The lowest BCUT2D eigenvalue weighted by Gasteiger charge is -1.98. The fraction of sp³-hybridized carbons (Fsp3) is 0.625. The molecular weight excluding hydrogens is 186 g/mol. The van der Waals surface area contributed by atoms with Gasteiger partial charge in [-0.2, -0.15) is 0 Å². The quantitative estimate of drug-likeness (QED) is 0.794. The van der Waals surface area contributed by atoms with E-state index in [-0.39, 0.29) is 6.01 Å². The Kier molecular flexibility index (Phi) is 2.34. The first-order chi connectivity index (χ1) is 6.79. The van der Waals surface area contributed by atoms with Gasteiger partial charge in [0.15, 0.2) is 0 Å². The smallest absolute Gasteiger partial charge is 0.415 e. The minimum Gasteiger partial charge on any atom is -0.450 e. The van der Waals surface area contributed by atoms with E-state index in [1.165, 1.54) is 0 Å². The molecule has 76 valence electrons. The molecule has 0 aliphatic heterocycles. The van der Waals surface area contributed by atoms with Crippen molar-refractivity contribution in [2.75, 3.05) is 11.9 Å². The molecule has 6 nitrogen and oxygen atoms in total. The summed E-state index contributed by atoms with van der Waals surface area (Å²) in [6.45, 7) is 2.04. The number of carbonyl (C=O) groups is 1. The summed E-state index contributed by atoms with van der Waals surface area (Å²) < 4.78 is 9.84. The molecule has 1 aliphatic rings. The molecule has 0 unspecified atom stereocenters. The Morgan fingerprint density at radius 1 is 1.64 bits per heavy atom. The SMILES string of the molecule is CCOC(=O)Nc1nnc(C2CC2)o1. The molecule has 1 heterocycles. The summed E-state index contributed by atoms with van der Waals surface area (Å²) in [6.07, 6.45) is 1.60. The van der Waals surface area contributed by atoms with E-state index in [1.54, 1.807) is 6.92 Å². The highest BCUT2D eigenvalue weighted by Gasteiger charge is 2.29. The first kappa shape index (κ1) is 8.98. The highest BCUT2D eigenvalue weighted by atomic mass is 16.5. The van der Waals surface area contributed by atoms with Gasteiger partial charge in [0.2, 0.25) is 5.89 Å². The molecule has 0 spiro atoms. The third-order valence-electron chi connectivity index (χ3n) is 1.85. The highest BCUT2D eigenvalue weighted by molar-refractivity contribution is 5.81. The van der Waals surface area contributed by atoms with Crippen molar-refractivity contribution >= 4 is 12.1 Å². The van der Waals surface area contributed by atoms with E-state index in [4.69, 9.17) is 4.42 Å². The summed E-state index contributed by atoms with van der Waals surface area (Å²) in [7, 11) is 0. The van der Waals surface area contributed by atoms with Crippen molar-refractivity contribution in [3.05, 3.63) is 5.89 Å². The summed E-state index contributed by atoms with van der Waals surface area (Å²) in [5, 5.41) is 9.82. The van der Waals surface area contributed by atoms with E-state index in [9.17, 15) is 4.79 Å². The first-order valence-electron chi connectivity index (χ1n) is 4.56. The molecule has 1 N–H and O–H groups in total. The van der Waals surface area contributed by atoms with Crippen LogP contribution in [0.2, 0.25) is 0 Å². The number of nitrogens with one attached hydrogen (secondary N) is 1. The minimum atomic E-state index is -0.571. The second kappa shape index (κ2) is 3.65. The fourth-order valence-electron chi connectivity index (χ4n) is 1.03. The van der Waals surface area contributed by atoms with E-state index in [2.05, 4.69) is 20.3 Å². The Bertz CT molecular complexity index is 332. The molecule has 14 heavy (non-hydrogen) atoms. The number of hydrogen-bond donors (Lipinski definition) is 1. The van der Waals surface area contributed by atoms with Crippen LogP contribution in [0.3, 0.4) is 0 Å². The van der Waals surface area contributed by atoms with Crippen LogP contribution in [0.4, 0.5) is 10.8 Å². The average Bonchev–Trinajstić information content (AvgIpc) is 2.89. The Morgan fingerprint density at radius 3 is 3.07 bits per heavy atom. The third kappa shape index (κ3) is 2.01. The number of anilines is 1. The molecule has 0 radical (unpaired) electrons. The monoisotopic (exact) mass is 197 g/mol. The molecule has 1 aliphatic carbocycles. The Balaban J connectivity index is 1.92. The van der Waals surface area contributed by atoms with Gasteiger partial charge in [0.05, 0.1) is 6.61 Å². The third-order valence-corrected chi connectivity index (χ3v) is 1.85. The van der Waals surface area contributed by atoms with Gasteiger partial charge in [-0.3, -0.25) is 0 Å². The molecule has 1 saturated carbocycles. The first-order valence-corrected chi connectivity index (χ1v) is 4.56. The largest absolute Gasteiger partial charge is 0.450 e. The molecule has 6 heteroatoms. The predicted octanol–water partition coefficient (Wildman–Crippen LogP) is 1.52. The summed E-state index contributed by atoms with van der Waals surface area (Å²) in [4.78, 5) is 10.9. The van der Waals surface area contributed by atoms with E-state index < -0.39 is 6.09 Å². The van der Waals surface area contributed by atoms with Crippen LogP contribution in [0, 0.1) is 0 Å². The molecule has 1 amide bonds. The summed E-state index contributed by atoms with van der Waals surface area (Å²) in [5.74, 6) is 0.983. The van der Waals surface area contributed by atoms with Gasteiger partial charge < -0.3 is 9.15 Å². The van der Waals surface area contributed by atoms with Crippen molar-refractivity contribution in [2.24, 2.45) is 0 Å². The molecule has 1 aromatic rings. The van der Waals surface area contributed by atoms with Gasteiger partial charge in [0.25, 0.3) is 0 Å². The predicted molar refractivity (Wildman–Crippen MR) is 46.9 cm³/mol. The molecule has 1 fully saturated rings. The van der Waals surface area contributed by atoms with Gasteiger partial charge in [-0.15, -0.1) is 5.10 Å². The van der Waals surface area contributed by atoms with Crippen molar-refractivity contribution in [3.8, 4) is 0 Å². The van der Waals surface area contributed by atoms with Crippen molar-refractivity contribution in [1.82, 2.24) is 10.2 Å². The van der Waals surface area contributed by atoms with Crippen LogP contribution < -0.4 is 5.32 Å². The van der Waals surface area contributed by atoms with Crippen LogP contribution in [-0.4, -0.2) is 22.9 Å². The fourth-order valence-corrected chi connectivity index (χ4v) is 1.03. The summed E-state index contributed by atoms with van der Waals surface area (Å²) >= 11 is 0. The maximum atomic E-state index is 10.9. The van der Waals surface area contributed by atoms with E-state index in [0.29, 0.717) is 18.4 Å². The Labute approximate surface area is 80.6 Å². The second-order valence-corrected chi connectivity index (χ2v) is 3.07. The van der Waals surface area contributed by atoms with E-state index >= 15 is 0 Å². The van der Waals surface area contributed by atoms with Gasteiger partial charge in [-0.25, -0.2) is 10.1 Å². The van der Waals surface area contributed by atoms with E-state index in [1.807, 2.05) is 0 Å². The zero-order chi connectivity index (χ0) is 9.97. The molecule has 0 atom stereocenters. The Morgan fingerprint density at radius 2 is 2.43 bits per heavy atom. The number of amides is 1. The molecule has 2 rings (SSSR count). The minimum absolute atomic E-state index is 0.102. The second-order valence-electron chi connectivity index (χ2n) is 3.07. The number of rotatable bonds is 3. The Hall–Kier alpha value is -1.59. The zero-order valence-electron chi connectivity index (χ0n) is 7.82. The van der Waals surface area contributed by atoms with Crippen LogP contribution in [0.15, 0.2) is 4.42 Å². The standard InChI is InChI=1S/C8H11N3O3/c1-2-13-8(12)9-7-11-10-6(14-7)5-3-4-5/h5H,2-4H2,1H3,(H,9,11,12). The van der Waals surface area contributed by atoms with Crippen LogP contribution in [0.5, 0.6) is 0 Å². The maximum absolute atomic E-state index is 10.9. The number of nitrogens with zero attached hydrogens (tertiary/aromatic N) is 2. The van der Waals surface area contributed by atoms with E-state index in [0.717, 1.165) is 12.8 Å². The number of aromatic nitrogens is 2. The number of hydrogen-bond acceptors (Lipinski definition) is 5. The van der Waals surface area contributed by atoms with Gasteiger partial charge in [0, 0.05) is 5.92 Å². The lowest BCUT2D eigenvalue weighted by atomic mass is 10.4. The lowest BCUT2D eigenvalue weighted by Crippen LogP contribution is -2.13. The molecular formula is C8H11N3O3. The van der Waals surface area contributed by atoms with Crippen LogP contribution in [-0.2, 0) is 4.74 Å². The number of carbonyl (C=O) groups excluding carboxylic acids is 1. The van der Waals surface area contributed by atoms with Gasteiger partial charge >= 0.3 is 12.1 Å². The van der Waals surface area contributed by atoms with Gasteiger partial charge in [0.1, 0.15) is 0 Å². The van der Waals surface area contributed by atoms with Crippen molar-refractivity contribution < 1.29 is 13.9 Å². The van der Waals surface area contributed by atoms with Crippen LogP contribution in [0.25, 0.3) is 0 Å². The lowest BCUT2D eigenvalue weighted by molar-refractivity contribution is 0.167. The van der Waals surface area contributed by atoms with Gasteiger partial charge in [-0.05, 0) is 19.8 Å². The van der Waals surface area contributed by atoms with Crippen molar-refractivity contribution in [3.63, 3.8) is 0 Å². The highest BCUT2D eigenvalue weighted by Crippen LogP contribution is 2.39. The average molecular weight is 197 g/mol. The van der Waals surface area contributed by atoms with Crippen molar-refractivity contribution in [1.29, 1.82) is 0 Å². The molecule has 0 aromatic carbocycles. The molecule has 0 saturated heterocycles. The van der Waals surface area contributed by atoms with Crippen LogP contribution >= 0.6 is 0 Å². The number of ether oxygens (including phenoxy) is 1. The topological polar surface area (TPSA) is 77.2 Å². The maximum Gasteiger partial charge on any atom is 0.415 e. The summed E-state index contributed by atoms with van der Waals surface area (Å²) in [5.41, 5.74) is 0. The molecule has 0 bridgehead atoms. The molecule has 1 aromatic heterocycles.